The van der Waals surface area contributed by atoms with Crippen molar-refractivity contribution in [2.75, 3.05) is 7.05 Å². The number of benzene rings is 1. The molecule has 0 saturated carbocycles. The molecular weight excluding hydrogens is 343 g/mol. The maximum absolute atomic E-state index is 12.4. The van der Waals surface area contributed by atoms with Crippen LogP contribution in [0.3, 0.4) is 0 Å². The molecule has 128 valence electrons. The topological polar surface area (TPSA) is 141 Å². The van der Waals surface area contributed by atoms with Crippen LogP contribution in [0, 0.1) is 10.1 Å². The number of rotatable bonds is 8. The van der Waals surface area contributed by atoms with Gasteiger partial charge in [0, 0.05) is 0 Å². The highest BCUT2D eigenvalue weighted by atomic mass is 31.2. The quantitative estimate of drug-likeness (QED) is 0.415. The molecule has 1 atom stereocenters. The summed E-state index contributed by atoms with van der Waals surface area (Å²) in [6.07, 6.45) is 0. The van der Waals surface area contributed by atoms with E-state index < -0.39 is 24.5 Å². The van der Waals surface area contributed by atoms with Gasteiger partial charge in [-0.05, 0) is 37.4 Å². The summed E-state index contributed by atoms with van der Waals surface area (Å²) in [6.45, 7) is -0.320. The van der Waals surface area contributed by atoms with Gasteiger partial charge in [-0.2, -0.15) is 0 Å². The average Bonchev–Trinajstić information content (AvgIpc) is 3.03. The zero-order valence-corrected chi connectivity index (χ0v) is 13.3. The second kappa shape index (κ2) is 7.26. The lowest BCUT2D eigenvalue weighted by Gasteiger charge is -2.17. The van der Waals surface area contributed by atoms with Crippen LogP contribution in [-0.2, 0) is 15.7 Å². The van der Waals surface area contributed by atoms with Crippen molar-refractivity contribution in [2.24, 2.45) is 0 Å². The predicted octanol–water partition coefficient (Wildman–Crippen LogP) is 2.81. The van der Waals surface area contributed by atoms with E-state index in [4.69, 9.17) is 18.6 Å². The van der Waals surface area contributed by atoms with Crippen LogP contribution in [0.2, 0.25) is 0 Å². The van der Waals surface area contributed by atoms with Crippen molar-refractivity contribution in [1.82, 2.24) is 5.09 Å². The molecule has 0 aliphatic heterocycles. The van der Waals surface area contributed by atoms with Gasteiger partial charge < -0.3 is 14.0 Å². The van der Waals surface area contributed by atoms with E-state index in [1.54, 1.807) is 0 Å². The van der Waals surface area contributed by atoms with Gasteiger partial charge in [0.05, 0.1) is 11.6 Å². The monoisotopic (exact) mass is 356 g/mol. The Balaban J connectivity index is 2.03. The number of hydrogen-bond donors (Lipinski definition) is 2. The maximum Gasteiger partial charge on any atom is 0.458 e. The van der Waals surface area contributed by atoms with Gasteiger partial charge in [0.15, 0.2) is 0 Å². The van der Waals surface area contributed by atoms with Gasteiger partial charge in [0.2, 0.25) is 0 Å². The first-order chi connectivity index (χ1) is 11.3. The Morgan fingerprint density at radius 2 is 2.00 bits per heavy atom. The number of furan rings is 1. The van der Waals surface area contributed by atoms with Gasteiger partial charge in [-0.1, -0.05) is 0 Å². The lowest BCUT2D eigenvalue weighted by Crippen LogP contribution is -2.11. The van der Waals surface area contributed by atoms with Crippen LogP contribution in [0.4, 0.5) is 5.88 Å². The van der Waals surface area contributed by atoms with Crippen molar-refractivity contribution < 1.29 is 32.9 Å². The molecule has 10 nitrogen and oxygen atoms in total. The standard InChI is InChI=1S/C13H13N2O8P/c1-14-24(20,21-8-11-6-7-12(22-11)15(18)19)23-10-4-2-9(3-5-10)13(16)17/h2-7H,8H2,1H3,(H,14,20)(H,16,17). The van der Waals surface area contributed by atoms with Crippen LogP contribution in [0.25, 0.3) is 0 Å². The minimum Gasteiger partial charge on any atom is -0.478 e. The van der Waals surface area contributed by atoms with Crippen molar-refractivity contribution in [3.8, 4) is 5.75 Å². The molecule has 2 aromatic rings. The van der Waals surface area contributed by atoms with E-state index in [1.165, 1.54) is 37.4 Å². The average molecular weight is 356 g/mol. The SMILES string of the molecule is CNP(=O)(OCc1ccc([N+](=O)[O-])o1)Oc1ccc(C(=O)O)cc1. The fourth-order valence-electron chi connectivity index (χ4n) is 1.62. The summed E-state index contributed by atoms with van der Waals surface area (Å²) < 4.78 is 27.7. The maximum atomic E-state index is 12.4. The molecule has 2 N–H and O–H groups in total. The molecule has 0 amide bonds. The summed E-state index contributed by atoms with van der Waals surface area (Å²) in [5.41, 5.74) is 0.0467. The first-order valence-electron chi connectivity index (χ1n) is 6.52. The first kappa shape index (κ1) is 17.7. The van der Waals surface area contributed by atoms with Gasteiger partial charge in [-0.25, -0.2) is 14.4 Å². The third-order valence-electron chi connectivity index (χ3n) is 2.80. The van der Waals surface area contributed by atoms with Gasteiger partial charge in [-0.15, -0.1) is 0 Å². The molecular formula is C13H13N2O8P. The number of hydrogen-bond acceptors (Lipinski definition) is 7. The normalized spacial score (nSPS) is 13.2. The van der Waals surface area contributed by atoms with E-state index in [0.29, 0.717) is 0 Å². The molecule has 1 unspecified atom stereocenters. The molecule has 1 aromatic carbocycles. The molecule has 0 fully saturated rings. The second-order valence-corrected chi connectivity index (χ2v) is 6.30. The number of carboxylic acids is 1. The van der Waals surface area contributed by atoms with E-state index in [1.807, 2.05) is 0 Å². The highest BCUT2D eigenvalue weighted by molar-refractivity contribution is 7.52. The summed E-state index contributed by atoms with van der Waals surface area (Å²) in [7, 11) is -2.42. The van der Waals surface area contributed by atoms with E-state index in [0.717, 1.165) is 6.07 Å². The van der Waals surface area contributed by atoms with Crippen LogP contribution in [0.1, 0.15) is 16.1 Å². The van der Waals surface area contributed by atoms with Crippen LogP contribution in [0.5, 0.6) is 5.75 Å². The largest absolute Gasteiger partial charge is 0.478 e. The minimum absolute atomic E-state index is 0.0467. The zero-order chi connectivity index (χ0) is 17.7. The molecule has 0 spiro atoms. The van der Waals surface area contributed by atoms with Crippen molar-refractivity contribution in [2.45, 2.75) is 6.61 Å². The van der Waals surface area contributed by atoms with Crippen molar-refractivity contribution >= 4 is 19.6 Å². The van der Waals surface area contributed by atoms with Gasteiger partial charge in [-0.3, -0.25) is 14.6 Å². The highest BCUT2D eigenvalue weighted by Gasteiger charge is 2.25. The second-order valence-electron chi connectivity index (χ2n) is 4.41. The Morgan fingerprint density at radius 3 is 2.50 bits per heavy atom. The Labute approximate surface area is 135 Å². The van der Waals surface area contributed by atoms with Gasteiger partial charge in [0.1, 0.15) is 23.0 Å². The third kappa shape index (κ3) is 4.42. The third-order valence-corrected chi connectivity index (χ3v) is 4.27. The van der Waals surface area contributed by atoms with Gasteiger partial charge >= 0.3 is 19.6 Å². The molecule has 2 rings (SSSR count). The summed E-state index contributed by atoms with van der Waals surface area (Å²) in [5.74, 6) is -1.34. The Morgan fingerprint density at radius 1 is 1.33 bits per heavy atom. The molecule has 0 aliphatic rings. The fraction of sp³-hybridized carbons (Fsp3) is 0.154. The van der Waals surface area contributed by atoms with Crippen LogP contribution >= 0.6 is 7.75 Å². The van der Waals surface area contributed by atoms with E-state index in [9.17, 15) is 19.5 Å². The molecule has 24 heavy (non-hydrogen) atoms. The van der Waals surface area contributed by atoms with Crippen LogP contribution < -0.4 is 9.61 Å². The molecule has 1 aromatic heterocycles. The van der Waals surface area contributed by atoms with Crippen molar-refractivity contribution in [3.05, 3.63) is 57.8 Å². The number of carboxylic acid groups (broad SMARTS) is 1. The summed E-state index contributed by atoms with van der Waals surface area (Å²) in [4.78, 5) is 20.6. The highest BCUT2D eigenvalue weighted by Crippen LogP contribution is 2.44. The van der Waals surface area contributed by atoms with E-state index in [-0.39, 0.29) is 23.7 Å². The number of nitrogens with zero attached hydrogens (tertiary/aromatic N) is 1. The first-order valence-corrected chi connectivity index (χ1v) is 8.07. The number of nitro groups is 1. The molecule has 0 bridgehead atoms. The van der Waals surface area contributed by atoms with E-state index in [2.05, 4.69) is 5.09 Å². The Kier molecular flexibility index (Phi) is 5.35. The molecule has 0 aliphatic carbocycles. The molecule has 0 saturated heterocycles. The van der Waals surface area contributed by atoms with Crippen LogP contribution in [0.15, 0.2) is 40.8 Å². The molecule has 1 heterocycles. The fourth-order valence-corrected chi connectivity index (χ4v) is 2.59. The zero-order valence-electron chi connectivity index (χ0n) is 12.4. The lowest BCUT2D eigenvalue weighted by molar-refractivity contribution is -0.402. The van der Waals surface area contributed by atoms with Crippen LogP contribution in [-0.4, -0.2) is 23.0 Å². The molecule has 11 heteroatoms. The van der Waals surface area contributed by atoms with Gasteiger partial charge in [0.25, 0.3) is 0 Å². The smallest absolute Gasteiger partial charge is 0.458 e. The summed E-state index contributed by atoms with van der Waals surface area (Å²) in [5, 5.41) is 21.7. The predicted molar refractivity (Wildman–Crippen MR) is 80.8 cm³/mol. The Bertz CT molecular complexity index is 786. The van der Waals surface area contributed by atoms with Crippen molar-refractivity contribution in [1.29, 1.82) is 0 Å². The summed E-state index contributed by atoms with van der Waals surface area (Å²) in [6, 6.07) is 7.69. The number of carbonyl (C=O) groups is 1. The number of aromatic carboxylic acids is 1. The van der Waals surface area contributed by atoms with E-state index >= 15 is 0 Å². The molecule has 0 radical (unpaired) electrons. The Hall–Kier alpha value is -2.68. The number of nitrogens with one attached hydrogen (secondary N) is 1. The summed E-state index contributed by atoms with van der Waals surface area (Å²) >= 11 is 0. The van der Waals surface area contributed by atoms with Crippen molar-refractivity contribution in [3.63, 3.8) is 0 Å². The lowest BCUT2D eigenvalue weighted by atomic mass is 10.2. The minimum atomic E-state index is -3.77.